The molecule has 11 atom stereocenters. The molecule has 0 aromatic heterocycles. The molecule has 310 valence electrons. The Labute approximate surface area is 337 Å². The second kappa shape index (κ2) is 14.6. The summed E-state index contributed by atoms with van der Waals surface area (Å²) in [6.07, 6.45) is 10.3. The van der Waals surface area contributed by atoms with Gasteiger partial charge in [0.1, 0.15) is 18.2 Å². The fraction of sp³-hybridized carbons (Fsp3) is 0.750. The molecular weight excluding hydrogens is 701 g/mol. The van der Waals surface area contributed by atoms with Gasteiger partial charge in [0.05, 0.1) is 5.41 Å². The van der Waals surface area contributed by atoms with Crippen molar-refractivity contribution in [3.05, 3.63) is 47.5 Å². The van der Waals surface area contributed by atoms with Gasteiger partial charge in [-0.2, -0.15) is 0 Å². The third kappa shape index (κ3) is 7.16. The predicted molar refractivity (Wildman–Crippen MR) is 220 cm³/mol. The quantitative estimate of drug-likeness (QED) is 0.255. The van der Waals surface area contributed by atoms with Gasteiger partial charge in [0.25, 0.3) is 0 Å². The molecule has 4 saturated carbocycles. The van der Waals surface area contributed by atoms with Crippen LogP contribution in [-0.2, 0) is 30.5 Å². The topological polar surface area (TPSA) is 111 Å². The molecule has 56 heavy (non-hydrogen) atoms. The van der Waals surface area contributed by atoms with Gasteiger partial charge < -0.3 is 20.1 Å². The van der Waals surface area contributed by atoms with E-state index in [2.05, 4.69) is 65.2 Å². The molecule has 1 aromatic carbocycles. The van der Waals surface area contributed by atoms with E-state index in [1.807, 2.05) is 65.0 Å². The molecule has 0 heterocycles. The van der Waals surface area contributed by atoms with Crippen molar-refractivity contribution in [2.24, 2.45) is 56.2 Å². The first-order valence-electron chi connectivity index (χ1n) is 21.7. The summed E-state index contributed by atoms with van der Waals surface area (Å²) in [5.41, 5.74) is 0.128. The number of carbonyl (C=O) groups excluding carboxylic acids is 4. The van der Waals surface area contributed by atoms with E-state index in [0.717, 1.165) is 63.4 Å². The molecule has 0 radical (unpaired) electrons. The molecule has 0 aliphatic heterocycles. The number of fused-ring (bicyclic) bond motifs is 7. The fourth-order valence-corrected chi connectivity index (χ4v) is 12.9. The number of hydrogen-bond acceptors (Lipinski definition) is 6. The minimum absolute atomic E-state index is 0.0405. The second-order valence-corrected chi connectivity index (χ2v) is 21.7. The average molecular weight is 773 g/mol. The molecule has 0 unspecified atom stereocenters. The Morgan fingerprint density at radius 2 is 1.55 bits per heavy atom. The third-order valence-corrected chi connectivity index (χ3v) is 16.8. The lowest BCUT2D eigenvalue weighted by Crippen LogP contribution is -2.68. The van der Waals surface area contributed by atoms with Crippen LogP contribution in [0.2, 0.25) is 0 Å². The number of nitrogens with one attached hydrogen (secondary N) is 2. The number of allylic oxidation sites excluding steroid dienone is 2. The van der Waals surface area contributed by atoms with Crippen molar-refractivity contribution < 1.29 is 28.7 Å². The number of ketones is 1. The monoisotopic (exact) mass is 773 g/mol. The Morgan fingerprint density at radius 1 is 0.893 bits per heavy atom. The van der Waals surface area contributed by atoms with Crippen LogP contribution in [0.1, 0.15) is 153 Å². The minimum atomic E-state index is -0.707. The molecule has 8 heteroatoms. The van der Waals surface area contributed by atoms with Gasteiger partial charge in [-0.05, 0) is 142 Å². The van der Waals surface area contributed by atoms with Crippen LogP contribution in [0.15, 0.2) is 42.0 Å². The normalized spacial score (nSPS) is 38.6. The van der Waals surface area contributed by atoms with Crippen molar-refractivity contribution in [2.45, 2.75) is 172 Å². The van der Waals surface area contributed by atoms with Crippen molar-refractivity contribution >= 4 is 23.8 Å². The lowest BCUT2D eigenvalue weighted by atomic mass is 9.33. The molecule has 0 bridgehead atoms. The summed E-state index contributed by atoms with van der Waals surface area (Å²) >= 11 is 0. The SMILES string of the molecule is CC[C@H](C)[C@H](NC(=O)OC(C)(C)C)C(=O)N[C@H]1CC[C@]2(C)[C@H]3C(=O)C=C4[C@@H]5C[C@@](C)(C(=O)OCc6ccccc6)CC[C@]5(C)CC[C@@]4(C)[C@]3(C)CC[C@H]2C1(C)C. The highest BCUT2D eigenvalue weighted by molar-refractivity contribution is 5.96. The molecule has 1 aromatic rings. The highest BCUT2D eigenvalue weighted by Crippen LogP contribution is 2.75. The van der Waals surface area contributed by atoms with Crippen molar-refractivity contribution in [1.29, 1.82) is 0 Å². The van der Waals surface area contributed by atoms with E-state index in [1.165, 1.54) is 5.57 Å². The van der Waals surface area contributed by atoms with Crippen molar-refractivity contribution in [2.75, 3.05) is 0 Å². The summed E-state index contributed by atoms with van der Waals surface area (Å²) < 4.78 is 11.5. The molecule has 5 aliphatic carbocycles. The lowest BCUT2D eigenvalue weighted by Gasteiger charge is -2.70. The van der Waals surface area contributed by atoms with Crippen molar-refractivity contribution in [3.63, 3.8) is 0 Å². The van der Waals surface area contributed by atoms with Crippen LogP contribution in [0.3, 0.4) is 0 Å². The van der Waals surface area contributed by atoms with Gasteiger partial charge in [-0.15, -0.1) is 0 Å². The first-order chi connectivity index (χ1) is 25.9. The van der Waals surface area contributed by atoms with E-state index in [-0.39, 0.29) is 81.1 Å². The van der Waals surface area contributed by atoms with Crippen molar-refractivity contribution in [1.82, 2.24) is 10.6 Å². The van der Waals surface area contributed by atoms with Crippen LogP contribution in [0, 0.1) is 56.2 Å². The van der Waals surface area contributed by atoms with Gasteiger partial charge in [-0.25, -0.2) is 4.79 Å². The number of alkyl carbamates (subject to hydrolysis) is 1. The predicted octanol–water partition coefficient (Wildman–Crippen LogP) is 10.1. The van der Waals surface area contributed by atoms with E-state index in [4.69, 9.17) is 9.47 Å². The molecule has 0 saturated heterocycles. The fourth-order valence-electron chi connectivity index (χ4n) is 12.9. The highest BCUT2D eigenvalue weighted by atomic mass is 16.6. The summed E-state index contributed by atoms with van der Waals surface area (Å²) in [5.74, 6) is 0.124. The van der Waals surface area contributed by atoms with Crippen LogP contribution in [0.4, 0.5) is 4.79 Å². The summed E-state index contributed by atoms with van der Waals surface area (Å²) in [6.45, 7) is 26.0. The number of carbonyl (C=O) groups is 4. The Kier molecular flexibility index (Phi) is 11.1. The molecule has 2 N–H and O–H groups in total. The molecule has 0 spiro atoms. The zero-order valence-corrected chi connectivity index (χ0v) is 36.7. The summed E-state index contributed by atoms with van der Waals surface area (Å²) in [5, 5.41) is 6.29. The first-order valence-corrected chi connectivity index (χ1v) is 21.7. The van der Waals surface area contributed by atoms with E-state index < -0.39 is 23.2 Å². The lowest BCUT2D eigenvalue weighted by molar-refractivity contribution is -0.190. The van der Waals surface area contributed by atoms with E-state index in [0.29, 0.717) is 6.42 Å². The summed E-state index contributed by atoms with van der Waals surface area (Å²) in [6, 6.07) is 9.08. The number of ether oxygens (including phenoxy) is 2. The standard InChI is InChI=1S/C48H72N2O6/c1-13-30(2)37(50-41(54)56-42(3,4)5)39(52)49-36-20-21-46(10)35(43(36,6)7)19-22-48(12)38(46)34(51)27-32-33-28-45(9,24-23-44(33,8)25-26-47(32,48)11)40(53)55-29-31-17-15-14-16-18-31/h14-18,27,30,33,35-38H,13,19-26,28-29H2,1-12H3,(H,49,52)(H,50,54)/t30-,33-,35-,36-,37-,38+,44+,45-,46-,47+,48+/m0/s1. The number of amides is 2. The van der Waals surface area contributed by atoms with Gasteiger partial charge >= 0.3 is 12.1 Å². The first kappa shape index (κ1) is 42.4. The van der Waals surface area contributed by atoms with E-state index >= 15 is 4.79 Å². The van der Waals surface area contributed by atoms with Crippen LogP contribution < -0.4 is 10.6 Å². The Bertz CT molecular complexity index is 1730. The molecule has 2 amide bonds. The molecule has 5 aliphatic rings. The van der Waals surface area contributed by atoms with Gasteiger partial charge in [0.2, 0.25) is 5.91 Å². The molecule has 8 nitrogen and oxygen atoms in total. The summed E-state index contributed by atoms with van der Waals surface area (Å²) in [4.78, 5) is 55.7. The van der Waals surface area contributed by atoms with Crippen molar-refractivity contribution in [3.8, 4) is 0 Å². The Morgan fingerprint density at radius 3 is 2.20 bits per heavy atom. The molecule has 4 fully saturated rings. The smallest absolute Gasteiger partial charge is 0.408 e. The van der Waals surface area contributed by atoms with Gasteiger partial charge in [-0.1, -0.05) is 97.7 Å². The Hall–Kier alpha value is -3.16. The van der Waals surface area contributed by atoms with Crippen LogP contribution in [0.5, 0.6) is 0 Å². The minimum Gasteiger partial charge on any atom is -0.460 e. The largest absolute Gasteiger partial charge is 0.460 e. The van der Waals surface area contributed by atoms with Gasteiger partial charge in [0, 0.05) is 12.0 Å². The van der Waals surface area contributed by atoms with Crippen LogP contribution in [0.25, 0.3) is 0 Å². The third-order valence-electron chi connectivity index (χ3n) is 16.8. The number of benzene rings is 1. The maximum atomic E-state index is 15.0. The number of esters is 1. The number of rotatable bonds is 8. The zero-order chi connectivity index (χ0) is 41.3. The van der Waals surface area contributed by atoms with Crippen LogP contribution >= 0.6 is 0 Å². The molecular formula is C48H72N2O6. The molecule has 6 rings (SSSR count). The maximum absolute atomic E-state index is 15.0. The summed E-state index contributed by atoms with van der Waals surface area (Å²) in [7, 11) is 0. The highest BCUT2D eigenvalue weighted by Gasteiger charge is 2.70. The average Bonchev–Trinajstić information content (AvgIpc) is 3.11. The van der Waals surface area contributed by atoms with Gasteiger partial charge in [0.15, 0.2) is 5.78 Å². The van der Waals surface area contributed by atoms with E-state index in [1.54, 1.807) is 0 Å². The maximum Gasteiger partial charge on any atom is 0.408 e. The zero-order valence-electron chi connectivity index (χ0n) is 36.7. The second-order valence-electron chi connectivity index (χ2n) is 21.7. The Balaban J connectivity index is 1.24. The number of hydrogen-bond donors (Lipinski definition) is 2. The van der Waals surface area contributed by atoms with Gasteiger partial charge in [-0.3, -0.25) is 14.4 Å². The van der Waals surface area contributed by atoms with E-state index in [9.17, 15) is 14.4 Å². The van der Waals surface area contributed by atoms with Crippen LogP contribution in [-0.4, -0.2) is 41.4 Å².